The maximum absolute atomic E-state index is 12.5. The Bertz CT molecular complexity index is 686. The molecule has 3 rings (SSSR count). The molecule has 6 heteroatoms. The molecule has 1 aliphatic heterocycles. The Morgan fingerprint density at radius 2 is 1.85 bits per heavy atom. The molecule has 1 N–H and O–H groups in total. The molecule has 1 saturated heterocycles. The van der Waals surface area contributed by atoms with Gasteiger partial charge in [-0.1, -0.05) is 37.3 Å². The van der Waals surface area contributed by atoms with Crippen molar-refractivity contribution in [2.45, 2.75) is 25.8 Å². The number of rotatable bonds is 6. The number of carbonyl (C=O) groups excluding carboxylic acids is 1. The number of benzene rings is 1. The molecular weight excluding hydrogens is 326 g/mol. The molecular formula is C20H27N5O. The third-order valence-corrected chi connectivity index (χ3v) is 5.07. The summed E-state index contributed by atoms with van der Waals surface area (Å²) in [7, 11) is 0. The average Bonchev–Trinajstić information content (AvgIpc) is 2.72. The second-order valence-electron chi connectivity index (χ2n) is 6.82. The van der Waals surface area contributed by atoms with Crippen LogP contribution in [0, 0.1) is 0 Å². The molecule has 138 valence electrons. The van der Waals surface area contributed by atoms with E-state index in [-0.39, 0.29) is 11.9 Å². The van der Waals surface area contributed by atoms with Gasteiger partial charge in [-0.3, -0.25) is 14.7 Å². The van der Waals surface area contributed by atoms with Gasteiger partial charge in [-0.2, -0.15) is 0 Å². The molecule has 0 radical (unpaired) electrons. The monoisotopic (exact) mass is 353 g/mol. The van der Waals surface area contributed by atoms with Gasteiger partial charge in [0, 0.05) is 45.1 Å². The van der Waals surface area contributed by atoms with Gasteiger partial charge in [-0.05, 0) is 18.4 Å². The first-order valence-corrected chi connectivity index (χ1v) is 9.23. The molecule has 1 amide bonds. The van der Waals surface area contributed by atoms with E-state index in [1.54, 1.807) is 18.6 Å². The second-order valence-corrected chi connectivity index (χ2v) is 6.82. The fourth-order valence-electron chi connectivity index (χ4n) is 3.26. The maximum Gasteiger partial charge on any atom is 0.237 e. The van der Waals surface area contributed by atoms with E-state index in [0.29, 0.717) is 12.5 Å². The Kier molecular flexibility index (Phi) is 6.17. The van der Waals surface area contributed by atoms with E-state index in [9.17, 15) is 4.79 Å². The lowest BCUT2D eigenvalue weighted by Gasteiger charge is -2.37. The number of nitrogens with one attached hydrogen (secondary N) is 1. The highest BCUT2D eigenvalue weighted by Crippen LogP contribution is 2.15. The predicted molar refractivity (Wildman–Crippen MR) is 103 cm³/mol. The molecule has 0 saturated carbocycles. The summed E-state index contributed by atoms with van der Waals surface area (Å²) in [5.41, 5.74) is 1.25. The van der Waals surface area contributed by atoms with Crippen LogP contribution in [0.2, 0.25) is 0 Å². The molecule has 0 aliphatic carbocycles. The van der Waals surface area contributed by atoms with Crippen molar-refractivity contribution in [1.82, 2.24) is 20.2 Å². The minimum absolute atomic E-state index is 0.0979. The van der Waals surface area contributed by atoms with Gasteiger partial charge in [0.25, 0.3) is 0 Å². The normalized spacial score (nSPS) is 17.5. The fraction of sp³-hybridized carbons (Fsp3) is 0.450. The van der Waals surface area contributed by atoms with Crippen LogP contribution in [-0.4, -0.2) is 59.5 Å². The zero-order valence-corrected chi connectivity index (χ0v) is 15.5. The molecule has 1 aromatic carbocycles. The number of hydrogen-bond acceptors (Lipinski definition) is 5. The SMILES string of the molecule is CC(CNC(=O)C(C)N1CCN(c2cnccn2)CC1)c1ccccc1. The second kappa shape index (κ2) is 8.76. The van der Waals surface area contributed by atoms with Crippen molar-refractivity contribution in [3.63, 3.8) is 0 Å². The number of nitrogens with zero attached hydrogens (tertiary/aromatic N) is 4. The molecule has 2 unspecified atom stereocenters. The van der Waals surface area contributed by atoms with Crippen molar-refractivity contribution < 1.29 is 4.79 Å². The molecule has 6 nitrogen and oxygen atoms in total. The Hall–Kier alpha value is -2.47. The first-order valence-electron chi connectivity index (χ1n) is 9.23. The van der Waals surface area contributed by atoms with E-state index in [2.05, 4.69) is 44.1 Å². The molecule has 1 aromatic heterocycles. The Morgan fingerprint density at radius 1 is 1.12 bits per heavy atom. The minimum atomic E-state index is -0.123. The number of carbonyl (C=O) groups is 1. The lowest BCUT2D eigenvalue weighted by molar-refractivity contribution is -0.126. The number of anilines is 1. The van der Waals surface area contributed by atoms with Crippen LogP contribution in [0.25, 0.3) is 0 Å². The van der Waals surface area contributed by atoms with Crippen molar-refractivity contribution >= 4 is 11.7 Å². The Labute approximate surface area is 155 Å². The molecule has 2 heterocycles. The molecule has 1 aliphatic rings. The largest absolute Gasteiger partial charge is 0.354 e. The molecule has 2 atom stereocenters. The van der Waals surface area contributed by atoms with E-state index in [0.717, 1.165) is 32.0 Å². The van der Waals surface area contributed by atoms with Gasteiger partial charge >= 0.3 is 0 Å². The van der Waals surface area contributed by atoms with E-state index in [1.807, 2.05) is 25.1 Å². The van der Waals surface area contributed by atoms with Crippen LogP contribution in [0.15, 0.2) is 48.9 Å². The van der Waals surface area contributed by atoms with E-state index in [4.69, 9.17) is 0 Å². The number of piperazine rings is 1. The number of aromatic nitrogens is 2. The summed E-state index contributed by atoms with van der Waals surface area (Å²) in [6.07, 6.45) is 5.19. The summed E-state index contributed by atoms with van der Waals surface area (Å²) in [5, 5.41) is 3.10. The molecule has 2 aromatic rings. The first-order chi connectivity index (χ1) is 12.6. The maximum atomic E-state index is 12.5. The third kappa shape index (κ3) is 4.58. The van der Waals surface area contributed by atoms with Crippen LogP contribution in [0.1, 0.15) is 25.3 Å². The van der Waals surface area contributed by atoms with Gasteiger partial charge in [-0.15, -0.1) is 0 Å². The van der Waals surface area contributed by atoms with Crippen molar-refractivity contribution in [3.8, 4) is 0 Å². The summed E-state index contributed by atoms with van der Waals surface area (Å²) in [4.78, 5) is 25.5. The van der Waals surface area contributed by atoms with Crippen molar-refractivity contribution in [1.29, 1.82) is 0 Å². The topological polar surface area (TPSA) is 61.4 Å². The summed E-state index contributed by atoms with van der Waals surface area (Å²) < 4.78 is 0. The summed E-state index contributed by atoms with van der Waals surface area (Å²) in [5.74, 6) is 1.31. The van der Waals surface area contributed by atoms with Crippen LogP contribution >= 0.6 is 0 Å². The minimum Gasteiger partial charge on any atom is -0.354 e. The Balaban J connectivity index is 1.46. The number of amides is 1. The first kappa shape index (κ1) is 18.3. The highest BCUT2D eigenvalue weighted by Gasteiger charge is 2.26. The third-order valence-electron chi connectivity index (χ3n) is 5.07. The number of hydrogen-bond donors (Lipinski definition) is 1. The standard InChI is InChI=1S/C20H27N5O/c1-16(18-6-4-3-5-7-18)14-23-20(26)17(2)24-10-12-25(13-11-24)19-15-21-8-9-22-19/h3-9,15-17H,10-14H2,1-2H3,(H,23,26). The molecule has 0 spiro atoms. The Morgan fingerprint density at radius 3 is 2.50 bits per heavy atom. The van der Waals surface area contributed by atoms with E-state index < -0.39 is 0 Å². The van der Waals surface area contributed by atoms with Crippen molar-refractivity contribution in [3.05, 3.63) is 54.5 Å². The summed E-state index contributed by atoms with van der Waals surface area (Å²) in [6, 6.07) is 10.2. The van der Waals surface area contributed by atoms with E-state index in [1.165, 1.54) is 5.56 Å². The van der Waals surface area contributed by atoms with Crippen LogP contribution in [-0.2, 0) is 4.79 Å². The summed E-state index contributed by atoms with van der Waals surface area (Å²) in [6.45, 7) is 8.19. The van der Waals surface area contributed by atoms with Crippen LogP contribution in [0.3, 0.4) is 0 Å². The van der Waals surface area contributed by atoms with Gasteiger partial charge in [0.2, 0.25) is 5.91 Å². The predicted octanol–water partition coefficient (Wildman–Crippen LogP) is 1.91. The van der Waals surface area contributed by atoms with Crippen LogP contribution < -0.4 is 10.2 Å². The van der Waals surface area contributed by atoms with Gasteiger partial charge < -0.3 is 10.2 Å². The molecule has 26 heavy (non-hydrogen) atoms. The quantitative estimate of drug-likeness (QED) is 0.860. The molecule has 1 fully saturated rings. The van der Waals surface area contributed by atoms with E-state index >= 15 is 0 Å². The lowest BCUT2D eigenvalue weighted by Crippen LogP contribution is -2.54. The summed E-state index contributed by atoms with van der Waals surface area (Å²) >= 11 is 0. The van der Waals surface area contributed by atoms with Gasteiger partial charge in [0.1, 0.15) is 5.82 Å². The smallest absolute Gasteiger partial charge is 0.237 e. The van der Waals surface area contributed by atoms with Gasteiger partial charge in [-0.25, -0.2) is 4.98 Å². The van der Waals surface area contributed by atoms with Gasteiger partial charge in [0.05, 0.1) is 12.2 Å². The highest BCUT2D eigenvalue weighted by molar-refractivity contribution is 5.81. The molecule has 0 bridgehead atoms. The van der Waals surface area contributed by atoms with Gasteiger partial charge in [0.15, 0.2) is 0 Å². The van der Waals surface area contributed by atoms with Crippen molar-refractivity contribution in [2.24, 2.45) is 0 Å². The average molecular weight is 353 g/mol. The zero-order chi connectivity index (χ0) is 18.4. The van der Waals surface area contributed by atoms with Crippen molar-refractivity contribution in [2.75, 3.05) is 37.6 Å². The van der Waals surface area contributed by atoms with Crippen LogP contribution in [0.5, 0.6) is 0 Å². The van der Waals surface area contributed by atoms with Crippen LogP contribution in [0.4, 0.5) is 5.82 Å². The fourth-order valence-corrected chi connectivity index (χ4v) is 3.26. The zero-order valence-electron chi connectivity index (χ0n) is 15.5. The lowest BCUT2D eigenvalue weighted by atomic mass is 10.0. The highest BCUT2D eigenvalue weighted by atomic mass is 16.2.